The Morgan fingerprint density at radius 2 is 2.13 bits per heavy atom. The number of carbonyl (C=O) groups is 2. The highest BCUT2D eigenvalue weighted by Gasteiger charge is 2.25. The van der Waals surface area contributed by atoms with Crippen molar-refractivity contribution in [2.45, 2.75) is 26.3 Å². The number of carbonyl (C=O) groups excluding carboxylic acids is 2. The van der Waals surface area contributed by atoms with Gasteiger partial charge in [0.05, 0.1) is 11.3 Å². The third kappa shape index (κ3) is 4.41. The predicted molar refractivity (Wildman–Crippen MR) is 86.1 cm³/mol. The molecule has 2 amide bonds. The Bertz CT molecular complexity index is 694. The highest BCUT2D eigenvalue weighted by Crippen LogP contribution is 2.15. The predicted octanol–water partition coefficient (Wildman–Crippen LogP) is -0.485. The fourth-order valence-corrected chi connectivity index (χ4v) is 3.05. The van der Waals surface area contributed by atoms with Crippen molar-refractivity contribution < 1.29 is 18.0 Å². The van der Waals surface area contributed by atoms with Crippen LogP contribution in [0.5, 0.6) is 0 Å². The van der Waals surface area contributed by atoms with Crippen LogP contribution in [0.2, 0.25) is 0 Å². The topological polar surface area (TPSA) is 108 Å². The average molecular weight is 340 g/mol. The van der Waals surface area contributed by atoms with Gasteiger partial charge in [-0.15, -0.1) is 4.40 Å². The Hall–Kier alpha value is -2.16. The molecule has 0 aromatic rings. The summed E-state index contributed by atoms with van der Waals surface area (Å²) in [7, 11) is -3.42. The first-order valence-corrected chi connectivity index (χ1v) is 9.01. The Morgan fingerprint density at radius 1 is 1.39 bits per heavy atom. The zero-order chi connectivity index (χ0) is 17.0. The molecule has 1 atom stereocenters. The summed E-state index contributed by atoms with van der Waals surface area (Å²) in [6.45, 7) is 4.36. The monoisotopic (exact) mass is 340 g/mol. The number of hydrogen-bond acceptors (Lipinski definition) is 5. The van der Waals surface area contributed by atoms with Gasteiger partial charge in [-0.2, -0.15) is 0 Å². The first kappa shape index (κ1) is 17.2. The van der Waals surface area contributed by atoms with E-state index in [2.05, 4.69) is 15.0 Å². The van der Waals surface area contributed by atoms with E-state index in [0.29, 0.717) is 18.0 Å². The molecule has 2 aliphatic heterocycles. The second-order valence-corrected chi connectivity index (χ2v) is 7.09. The lowest BCUT2D eigenvalue weighted by Crippen LogP contribution is -2.46. The van der Waals surface area contributed by atoms with Crippen LogP contribution in [0.15, 0.2) is 28.3 Å². The summed E-state index contributed by atoms with van der Waals surface area (Å²) in [6, 6.07) is -0.653. The molecule has 0 saturated heterocycles. The third-order valence-electron chi connectivity index (χ3n) is 3.38. The Morgan fingerprint density at radius 3 is 2.83 bits per heavy atom. The van der Waals surface area contributed by atoms with Crippen molar-refractivity contribution in [3.05, 3.63) is 23.9 Å². The number of fused-ring (bicyclic) bond motifs is 1. The van der Waals surface area contributed by atoms with Crippen molar-refractivity contribution in [3.63, 3.8) is 0 Å². The van der Waals surface area contributed by atoms with Gasteiger partial charge in [-0.3, -0.25) is 9.59 Å². The zero-order valence-corrected chi connectivity index (χ0v) is 13.9. The van der Waals surface area contributed by atoms with Crippen LogP contribution >= 0.6 is 0 Å². The second-order valence-electron chi connectivity index (χ2n) is 5.33. The van der Waals surface area contributed by atoms with Gasteiger partial charge < -0.3 is 15.5 Å². The molecule has 2 aliphatic rings. The van der Waals surface area contributed by atoms with Crippen molar-refractivity contribution in [1.29, 1.82) is 0 Å². The molecule has 9 heteroatoms. The van der Waals surface area contributed by atoms with E-state index in [0.717, 1.165) is 6.42 Å². The van der Waals surface area contributed by atoms with Gasteiger partial charge in [0, 0.05) is 19.3 Å². The van der Waals surface area contributed by atoms with Crippen molar-refractivity contribution in [3.8, 4) is 0 Å². The van der Waals surface area contributed by atoms with Crippen molar-refractivity contribution >= 4 is 27.7 Å². The second kappa shape index (κ2) is 6.95. The first-order chi connectivity index (χ1) is 10.8. The minimum atomic E-state index is -3.42. The maximum Gasteiger partial charge on any atom is 0.256 e. The van der Waals surface area contributed by atoms with E-state index >= 15 is 0 Å². The molecule has 2 N–H and O–H groups in total. The molecular weight excluding hydrogens is 320 g/mol. The molecule has 0 aromatic carbocycles. The number of rotatable bonds is 5. The lowest BCUT2D eigenvalue weighted by atomic mass is 10.1. The van der Waals surface area contributed by atoms with E-state index in [1.807, 2.05) is 6.92 Å². The number of nitrogens with one attached hydrogen (secondary N) is 2. The molecule has 2 heterocycles. The number of nitrogens with zero attached hydrogens (tertiary/aromatic N) is 2. The molecule has 1 unspecified atom stereocenters. The molecule has 126 valence electrons. The van der Waals surface area contributed by atoms with Crippen molar-refractivity contribution in [1.82, 2.24) is 15.5 Å². The molecular formula is C14H20N4O4S. The smallest absolute Gasteiger partial charge is 0.256 e. The fourth-order valence-electron chi connectivity index (χ4n) is 2.08. The van der Waals surface area contributed by atoms with E-state index in [4.69, 9.17) is 0 Å². The largest absolute Gasteiger partial charge is 0.354 e. The first-order valence-electron chi connectivity index (χ1n) is 7.40. The third-order valence-corrected chi connectivity index (χ3v) is 4.54. The van der Waals surface area contributed by atoms with E-state index in [1.165, 1.54) is 12.2 Å². The van der Waals surface area contributed by atoms with Crippen LogP contribution in [0.25, 0.3) is 0 Å². The van der Waals surface area contributed by atoms with E-state index in [9.17, 15) is 18.0 Å². The molecule has 0 spiro atoms. The summed E-state index contributed by atoms with van der Waals surface area (Å²) in [5.74, 6) is -0.438. The lowest BCUT2D eigenvalue weighted by Gasteiger charge is -2.27. The quantitative estimate of drug-likeness (QED) is 0.702. The number of hydrogen-bond donors (Lipinski definition) is 2. The normalized spacial score (nSPS) is 20.0. The highest BCUT2D eigenvalue weighted by atomic mass is 32.2. The molecule has 8 nitrogen and oxygen atoms in total. The van der Waals surface area contributed by atoms with E-state index in [-0.39, 0.29) is 18.2 Å². The number of amidine groups is 1. The van der Waals surface area contributed by atoms with Gasteiger partial charge in [0.1, 0.15) is 11.9 Å². The number of sulfonamides is 1. The maximum absolute atomic E-state index is 12.2. The Labute approximate surface area is 135 Å². The average Bonchev–Trinajstić information content (AvgIpc) is 2.51. The van der Waals surface area contributed by atoms with Gasteiger partial charge >= 0.3 is 0 Å². The SMILES string of the molecule is CCCNC(=O)C(C)NC(=O)C1=CN2CCS(=O)(=O)N=C2C=C1. The van der Waals surface area contributed by atoms with Crippen molar-refractivity contribution in [2.24, 2.45) is 4.40 Å². The molecule has 0 saturated carbocycles. The van der Waals surface area contributed by atoms with Crippen molar-refractivity contribution in [2.75, 3.05) is 18.8 Å². The van der Waals surface area contributed by atoms with E-state index < -0.39 is 22.0 Å². The minimum Gasteiger partial charge on any atom is -0.354 e. The molecule has 0 radical (unpaired) electrons. The fraction of sp³-hybridized carbons (Fsp3) is 0.500. The molecule has 0 aromatic heterocycles. The summed E-state index contributed by atoms with van der Waals surface area (Å²) < 4.78 is 26.5. The Kier molecular flexibility index (Phi) is 5.19. The molecule has 2 rings (SSSR count). The minimum absolute atomic E-state index is 0.0917. The zero-order valence-electron chi connectivity index (χ0n) is 13.1. The summed E-state index contributed by atoms with van der Waals surface area (Å²) in [4.78, 5) is 25.6. The maximum atomic E-state index is 12.2. The van der Waals surface area contributed by atoms with Gasteiger partial charge in [0.2, 0.25) is 5.91 Å². The van der Waals surface area contributed by atoms with Crippen LogP contribution in [0.1, 0.15) is 20.3 Å². The van der Waals surface area contributed by atoms with Crippen LogP contribution in [-0.2, 0) is 19.6 Å². The molecule has 0 aliphatic carbocycles. The Balaban J connectivity index is 2.01. The van der Waals surface area contributed by atoms with Gasteiger partial charge in [-0.05, 0) is 25.5 Å². The summed E-state index contributed by atoms with van der Waals surface area (Å²) >= 11 is 0. The standard InChI is InChI=1S/C14H20N4O4S/c1-3-6-15-13(19)10(2)16-14(20)11-4-5-12-17-23(21,22)8-7-18(12)9-11/h4-5,9-10H,3,6-8H2,1-2H3,(H,15,19)(H,16,20). The van der Waals surface area contributed by atoms with E-state index in [1.54, 1.807) is 18.0 Å². The molecule has 0 bridgehead atoms. The highest BCUT2D eigenvalue weighted by molar-refractivity contribution is 7.90. The van der Waals surface area contributed by atoms with Crippen LogP contribution in [0.4, 0.5) is 0 Å². The molecule has 0 fully saturated rings. The van der Waals surface area contributed by atoms with Gasteiger partial charge in [-0.25, -0.2) is 8.42 Å². The van der Waals surface area contributed by atoms with Gasteiger partial charge in [-0.1, -0.05) is 6.92 Å². The van der Waals surface area contributed by atoms with Crippen LogP contribution < -0.4 is 10.6 Å². The number of amides is 2. The lowest BCUT2D eigenvalue weighted by molar-refractivity contribution is -0.126. The van der Waals surface area contributed by atoms with Crippen LogP contribution in [0.3, 0.4) is 0 Å². The van der Waals surface area contributed by atoms with Crippen LogP contribution in [-0.4, -0.2) is 55.9 Å². The summed E-state index contributed by atoms with van der Waals surface area (Å²) in [6.07, 6.45) is 5.33. The summed E-state index contributed by atoms with van der Waals surface area (Å²) in [5, 5.41) is 5.32. The summed E-state index contributed by atoms with van der Waals surface area (Å²) in [5.41, 5.74) is 0.346. The van der Waals surface area contributed by atoms with Gasteiger partial charge in [0.25, 0.3) is 15.9 Å². The van der Waals surface area contributed by atoms with Crippen LogP contribution in [0, 0.1) is 0 Å². The van der Waals surface area contributed by atoms with Gasteiger partial charge in [0.15, 0.2) is 0 Å². The molecule has 23 heavy (non-hydrogen) atoms.